The third kappa shape index (κ3) is 3.48. The van der Waals surface area contributed by atoms with Crippen LogP contribution < -0.4 is 0 Å². The van der Waals surface area contributed by atoms with Crippen LogP contribution in [0.5, 0.6) is 0 Å². The fourth-order valence-corrected chi connectivity index (χ4v) is 6.14. The summed E-state index contributed by atoms with van der Waals surface area (Å²) in [5, 5.41) is 7.72. The lowest BCUT2D eigenvalue weighted by molar-refractivity contribution is 1.18. The molecule has 0 fully saturated rings. The van der Waals surface area contributed by atoms with Gasteiger partial charge >= 0.3 is 0 Å². The molecule has 0 saturated heterocycles. The van der Waals surface area contributed by atoms with Gasteiger partial charge in [0.1, 0.15) is 0 Å². The van der Waals surface area contributed by atoms with Gasteiger partial charge < -0.3 is 4.57 Å². The molecule has 39 heavy (non-hydrogen) atoms. The lowest BCUT2D eigenvalue weighted by Gasteiger charge is -2.12. The summed E-state index contributed by atoms with van der Waals surface area (Å²) >= 11 is 0. The minimum absolute atomic E-state index is 1.18. The Hall–Kier alpha value is -5.14. The fourth-order valence-electron chi connectivity index (χ4n) is 6.14. The second-order valence-electron chi connectivity index (χ2n) is 10.2. The van der Waals surface area contributed by atoms with Crippen molar-refractivity contribution in [2.75, 3.05) is 0 Å². The Morgan fingerprint density at radius 1 is 0.333 bits per heavy atom. The molecule has 1 heteroatoms. The Bertz CT molecular complexity index is 2150. The third-order valence-corrected chi connectivity index (χ3v) is 7.98. The lowest BCUT2D eigenvalue weighted by Crippen LogP contribution is -1.92. The van der Waals surface area contributed by atoms with Crippen LogP contribution in [0.25, 0.3) is 71.3 Å². The zero-order valence-electron chi connectivity index (χ0n) is 21.4. The van der Waals surface area contributed by atoms with Crippen molar-refractivity contribution in [2.24, 2.45) is 0 Å². The van der Waals surface area contributed by atoms with E-state index in [-0.39, 0.29) is 0 Å². The van der Waals surface area contributed by atoms with Gasteiger partial charge in [-0.1, -0.05) is 115 Å². The van der Waals surface area contributed by atoms with Gasteiger partial charge in [-0.25, -0.2) is 0 Å². The van der Waals surface area contributed by atoms with Crippen molar-refractivity contribution in [2.45, 2.75) is 0 Å². The normalized spacial score (nSPS) is 11.6. The van der Waals surface area contributed by atoms with Crippen LogP contribution in [0.2, 0.25) is 0 Å². The number of hydrogen-bond donors (Lipinski definition) is 0. The number of benzene rings is 7. The Labute approximate surface area is 227 Å². The minimum Gasteiger partial charge on any atom is -0.309 e. The highest BCUT2D eigenvalue weighted by Gasteiger charge is 2.13. The molecule has 0 bridgehead atoms. The molecule has 7 aromatic carbocycles. The van der Waals surface area contributed by atoms with Crippen LogP contribution in [-0.4, -0.2) is 4.57 Å². The molecular formula is C38H25N. The quantitative estimate of drug-likeness (QED) is 0.215. The van der Waals surface area contributed by atoms with E-state index in [4.69, 9.17) is 0 Å². The highest BCUT2D eigenvalue weighted by atomic mass is 15.0. The SMILES string of the molecule is c1ccc(-n2c3ccccc3c3cc(-c4ccc(-c5cc6ccccc6c6ccccc56)cc4)ccc32)cc1. The first-order valence-electron chi connectivity index (χ1n) is 13.5. The summed E-state index contributed by atoms with van der Waals surface area (Å²) in [6.07, 6.45) is 0. The molecule has 8 aromatic rings. The monoisotopic (exact) mass is 495 g/mol. The number of aromatic nitrogens is 1. The first-order valence-corrected chi connectivity index (χ1v) is 13.5. The van der Waals surface area contributed by atoms with E-state index in [1.165, 1.54) is 71.3 Å². The smallest absolute Gasteiger partial charge is 0.0541 e. The largest absolute Gasteiger partial charge is 0.309 e. The average Bonchev–Trinajstić information content (AvgIpc) is 3.35. The van der Waals surface area contributed by atoms with Gasteiger partial charge in [-0.2, -0.15) is 0 Å². The Morgan fingerprint density at radius 3 is 1.74 bits per heavy atom. The minimum atomic E-state index is 1.18. The molecule has 0 saturated carbocycles. The molecule has 0 unspecified atom stereocenters. The molecule has 1 heterocycles. The summed E-state index contributed by atoms with van der Waals surface area (Å²) in [7, 11) is 0. The summed E-state index contributed by atoms with van der Waals surface area (Å²) in [4.78, 5) is 0. The van der Waals surface area contributed by atoms with Crippen LogP contribution in [0.4, 0.5) is 0 Å². The topological polar surface area (TPSA) is 4.93 Å². The van der Waals surface area contributed by atoms with E-state index in [9.17, 15) is 0 Å². The van der Waals surface area contributed by atoms with Crippen molar-refractivity contribution in [3.63, 3.8) is 0 Å². The highest BCUT2D eigenvalue weighted by molar-refractivity contribution is 6.14. The lowest BCUT2D eigenvalue weighted by atomic mass is 9.92. The van der Waals surface area contributed by atoms with Gasteiger partial charge in [0.25, 0.3) is 0 Å². The van der Waals surface area contributed by atoms with Crippen LogP contribution >= 0.6 is 0 Å². The van der Waals surface area contributed by atoms with E-state index in [1.54, 1.807) is 0 Å². The van der Waals surface area contributed by atoms with E-state index in [0.29, 0.717) is 0 Å². The number of para-hydroxylation sites is 2. The predicted molar refractivity (Wildman–Crippen MR) is 167 cm³/mol. The zero-order chi connectivity index (χ0) is 25.8. The van der Waals surface area contributed by atoms with Crippen LogP contribution in [0.15, 0.2) is 152 Å². The van der Waals surface area contributed by atoms with Crippen molar-refractivity contribution in [3.8, 4) is 27.9 Å². The molecule has 0 amide bonds. The second-order valence-corrected chi connectivity index (χ2v) is 10.2. The highest BCUT2D eigenvalue weighted by Crippen LogP contribution is 2.37. The van der Waals surface area contributed by atoms with E-state index >= 15 is 0 Å². The number of hydrogen-bond acceptors (Lipinski definition) is 0. The second kappa shape index (κ2) is 8.72. The molecule has 0 aliphatic rings. The molecule has 182 valence electrons. The van der Waals surface area contributed by atoms with Gasteiger partial charge in [-0.05, 0) is 80.2 Å². The molecule has 0 atom stereocenters. The Morgan fingerprint density at radius 2 is 0.923 bits per heavy atom. The van der Waals surface area contributed by atoms with E-state index in [2.05, 4.69) is 156 Å². The van der Waals surface area contributed by atoms with Crippen molar-refractivity contribution >= 4 is 43.4 Å². The summed E-state index contributed by atoms with van der Waals surface area (Å²) in [5.41, 5.74) is 8.61. The van der Waals surface area contributed by atoms with Gasteiger partial charge in [0.2, 0.25) is 0 Å². The van der Waals surface area contributed by atoms with Gasteiger partial charge in [0, 0.05) is 16.5 Å². The maximum absolute atomic E-state index is 2.36. The molecule has 0 aliphatic carbocycles. The molecule has 0 aliphatic heterocycles. The van der Waals surface area contributed by atoms with Crippen LogP contribution in [0.3, 0.4) is 0 Å². The molecule has 0 radical (unpaired) electrons. The number of nitrogens with zero attached hydrogens (tertiary/aromatic N) is 1. The maximum Gasteiger partial charge on any atom is 0.0541 e. The van der Waals surface area contributed by atoms with Crippen molar-refractivity contribution in [1.82, 2.24) is 4.57 Å². The summed E-state index contributed by atoms with van der Waals surface area (Å²) < 4.78 is 2.36. The molecule has 1 aromatic heterocycles. The molecular weight excluding hydrogens is 470 g/mol. The van der Waals surface area contributed by atoms with E-state index < -0.39 is 0 Å². The van der Waals surface area contributed by atoms with Gasteiger partial charge in [0.05, 0.1) is 11.0 Å². The maximum atomic E-state index is 2.36. The number of rotatable bonds is 3. The first-order chi connectivity index (χ1) is 19.3. The number of fused-ring (bicyclic) bond motifs is 6. The van der Waals surface area contributed by atoms with Crippen LogP contribution in [0.1, 0.15) is 0 Å². The van der Waals surface area contributed by atoms with E-state index in [0.717, 1.165) is 0 Å². The summed E-state index contributed by atoms with van der Waals surface area (Å²) in [6, 6.07) is 55.0. The van der Waals surface area contributed by atoms with Gasteiger partial charge in [-0.15, -0.1) is 0 Å². The fraction of sp³-hybridized carbons (Fsp3) is 0. The molecule has 0 N–H and O–H groups in total. The molecule has 8 rings (SSSR count). The Kier molecular flexibility index (Phi) is 4.89. The average molecular weight is 496 g/mol. The van der Waals surface area contributed by atoms with E-state index in [1.807, 2.05) is 0 Å². The van der Waals surface area contributed by atoms with Crippen LogP contribution in [0, 0.1) is 0 Å². The van der Waals surface area contributed by atoms with Gasteiger partial charge in [0.15, 0.2) is 0 Å². The van der Waals surface area contributed by atoms with Crippen molar-refractivity contribution in [1.29, 1.82) is 0 Å². The third-order valence-electron chi connectivity index (χ3n) is 7.98. The van der Waals surface area contributed by atoms with Crippen LogP contribution in [-0.2, 0) is 0 Å². The van der Waals surface area contributed by atoms with Crippen molar-refractivity contribution < 1.29 is 0 Å². The summed E-state index contributed by atoms with van der Waals surface area (Å²) in [6.45, 7) is 0. The standard InChI is InChI=1S/C38H25N/c1-2-11-30(12-3-1)39-37-17-9-8-16-34(37)36-24-28(22-23-38(36)39)26-18-20-27(21-19-26)35-25-29-10-4-5-13-31(29)32-14-6-7-15-33(32)35/h1-25H. The zero-order valence-corrected chi connectivity index (χ0v) is 21.4. The molecule has 1 nitrogen and oxygen atoms in total. The summed E-state index contributed by atoms with van der Waals surface area (Å²) in [5.74, 6) is 0. The van der Waals surface area contributed by atoms with Gasteiger partial charge in [-0.3, -0.25) is 0 Å². The Balaban J connectivity index is 1.26. The first kappa shape index (κ1) is 21.9. The predicted octanol–water partition coefficient (Wildman–Crippen LogP) is 10.4. The van der Waals surface area contributed by atoms with Crippen molar-refractivity contribution in [3.05, 3.63) is 152 Å². The molecule has 0 spiro atoms.